The van der Waals surface area contributed by atoms with Gasteiger partial charge in [-0.2, -0.15) is 0 Å². The predicted octanol–water partition coefficient (Wildman–Crippen LogP) is 0.918. The molecule has 1 fully saturated rings. The molecule has 10 heteroatoms. The molecule has 0 saturated carbocycles. The zero-order valence-electron chi connectivity index (χ0n) is 14.7. The number of rotatable bonds is 5. The maximum absolute atomic E-state index is 12.6. The molecule has 2 rings (SSSR count). The third-order valence-electron chi connectivity index (χ3n) is 4.33. The van der Waals surface area contributed by atoms with E-state index >= 15 is 0 Å². The molecule has 0 aromatic carbocycles. The Morgan fingerprint density at radius 1 is 1.46 bits per heavy atom. The Kier molecular flexibility index (Phi) is 6.13. The van der Waals surface area contributed by atoms with E-state index in [0.717, 1.165) is 0 Å². The monoisotopic (exact) mass is 404 g/mol. The number of pyridine rings is 1. The van der Waals surface area contributed by atoms with E-state index in [0.29, 0.717) is 12.1 Å². The van der Waals surface area contributed by atoms with Crippen molar-refractivity contribution in [2.75, 3.05) is 18.1 Å². The Balaban J connectivity index is 2.12. The second-order valence-electron chi connectivity index (χ2n) is 6.20. The zero-order chi connectivity index (χ0) is 19.6. The molecule has 1 aliphatic rings. The number of aryl methyl sites for hydroxylation is 1. The number of aromatic amines is 1. The minimum atomic E-state index is -3.15. The fourth-order valence-corrected chi connectivity index (χ4v) is 4.76. The summed E-state index contributed by atoms with van der Waals surface area (Å²) in [5.41, 5.74) is -0.564. The van der Waals surface area contributed by atoms with Gasteiger partial charge in [-0.15, -0.1) is 0 Å². The second-order valence-corrected chi connectivity index (χ2v) is 8.81. The first-order valence-electron chi connectivity index (χ1n) is 8.17. The average Bonchev–Trinajstić information content (AvgIpc) is 2.92. The molecule has 8 nitrogen and oxygen atoms in total. The molecule has 144 valence electrons. The molecule has 2 heterocycles. The van der Waals surface area contributed by atoms with Gasteiger partial charge < -0.3 is 14.6 Å². The van der Waals surface area contributed by atoms with Crippen molar-refractivity contribution in [1.82, 2.24) is 9.88 Å². The smallest absolute Gasteiger partial charge is 0.344 e. The molecule has 1 aromatic rings. The number of aromatic nitrogens is 1. The van der Waals surface area contributed by atoms with Crippen LogP contribution in [-0.4, -0.2) is 60.4 Å². The average molecular weight is 405 g/mol. The quantitative estimate of drug-likeness (QED) is 0.730. The Morgan fingerprint density at radius 3 is 2.65 bits per heavy atom. The van der Waals surface area contributed by atoms with Gasteiger partial charge in [0.05, 0.1) is 11.5 Å². The summed E-state index contributed by atoms with van der Waals surface area (Å²) in [7, 11) is -3.15. The molecule has 1 aliphatic heterocycles. The number of sulfone groups is 1. The van der Waals surface area contributed by atoms with Gasteiger partial charge in [0.15, 0.2) is 15.9 Å². The number of H-pyrrole nitrogens is 1. The van der Waals surface area contributed by atoms with Crippen LogP contribution in [0.2, 0.25) is 5.02 Å². The van der Waals surface area contributed by atoms with Gasteiger partial charge in [0, 0.05) is 24.5 Å². The van der Waals surface area contributed by atoms with E-state index in [1.165, 1.54) is 18.0 Å². The summed E-state index contributed by atoms with van der Waals surface area (Å²) < 4.78 is 28.4. The predicted molar refractivity (Wildman–Crippen MR) is 96.1 cm³/mol. The van der Waals surface area contributed by atoms with Gasteiger partial charge in [-0.3, -0.25) is 9.59 Å². The number of nitrogens with zero attached hydrogens (tertiary/aromatic N) is 1. The summed E-state index contributed by atoms with van der Waals surface area (Å²) in [6.07, 6.45) is 0.380. The topological polar surface area (TPSA) is 114 Å². The number of nitrogens with one attached hydrogen (secondary N) is 1. The lowest BCUT2D eigenvalue weighted by atomic mass is 10.2. The van der Waals surface area contributed by atoms with Crippen LogP contribution >= 0.6 is 11.6 Å². The first-order valence-corrected chi connectivity index (χ1v) is 10.4. The molecule has 1 saturated heterocycles. The van der Waals surface area contributed by atoms with Crippen LogP contribution in [0.1, 0.15) is 36.3 Å². The lowest BCUT2D eigenvalue weighted by Crippen LogP contribution is -2.46. The standard InChI is InChI=1S/C16H21ClN2O6S/c1-4-19(11-5-6-26(23,24)8-11)15(21)10(3)25-16(22)12-7-18-9(2)13(17)14(12)20/h7,10-11H,4-6,8H2,1-3H3,(H,18,20)/t10-,11-/m1/s1. The van der Waals surface area contributed by atoms with Crippen LogP contribution < -0.4 is 5.43 Å². The normalized spacial score (nSPS) is 19.8. The van der Waals surface area contributed by atoms with E-state index in [4.69, 9.17) is 16.3 Å². The molecule has 0 unspecified atom stereocenters. The first kappa shape index (κ1) is 20.4. The number of carbonyl (C=O) groups is 2. The van der Waals surface area contributed by atoms with Crippen molar-refractivity contribution >= 4 is 33.3 Å². The SMILES string of the molecule is CCN(C(=O)[C@@H](C)OC(=O)c1c[nH]c(C)c(Cl)c1=O)[C@@H]1CCS(=O)(=O)C1. The van der Waals surface area contributed by atoms with Crippen molar-refractivity contribution < 1.29 is 22.7 Å². The van der Waals surface area contributed by atoms with Crippen LogP contribution in [0.15, 0.2) is 11.0 Å². The molecule has 0 spiro atoms. The highest BCUT2D eigenvalue weighted by Crippen LogP contribution is 2.19. The van der Waals surface area contributed by atoms with Crippen LogP contribution in [0.5, 0.6) is 0 Å². The molecule has 0 radical (unpaired) electrons. The first-order chi connectivity index (χ1) is 12.1. The summed E-state index contributed by atoms with van der Waals surface area (Å²) >= 11 is 5.83. The maximum atomic E-state index is 12.6. The van der Waals surface area contributed by atoms with Gasteiger partial charge >= 0.3 is 5.97 Å². The Hall–Kier alpha value is -1.87. The fraction of sp³-hybridized carbons (Fsp3) is 0.562. The third kappa shape index (κ3) is 4.27. The molecule has 0 bridgehead atoms. The number of amides is 1. The Morgan fingerprint density at radius 2 is 2.12 bits per heavy atom. The van der Waals surface area contributed by atoms with Crippen molar-refractivity contribution in [1.29, 1.82) is 0 Å². The molecule has 1 aromatic heterocycles. The van der Waals surface area contributed by atoms with E-state index in [1.807, 2.05) is 0 Å². The van der Waals surface area contributed by atoms with E-state index in [1.54, 1.807) is 13.8 Å². The summed E-state index contributed by atoms with van der Waals surface area (Å²) in [6.45, 7) is 4.98. The van der Waals surface area contributed by atoms with E-state index in [-0.39, 0.29) is 28.6 Å². The van der Waals surface area contributed by atoms with Gasteiger partial charge in [0.1, 0.15) is 10.6 Å². The van der Waals surface area contributed by atoms with E-state index in [9.17, 15) is 22.8 Å². The Bertz CT molecular complexity index is 879. The van der Waals surface area contributed by atoms with Gasteiger partial charge in [-0.1, -0.05) is 11.6 Å². The molecule has 26 heavy (non-hydrogen) atoms. The van der Waals surface area contributed by atoms with E-state index in [2.05, 4.69) is 4.98 Å². The summed E-state index contributed by atoms with van der Waals surface area (Å²) in [4.78, 5) is 40.9. The second kappa shape index (κ2) is 7.79. The molecular weight excluding hydrogens is 384 g/mol. The van der Waals surface area contributed by atoms with Crippen LogP contribution in [0.25, 0.3) is 0 Å². The lowest BCUT2D eigenvalue weighted by molar-refractivity contribution is -0.141. The number of carbonyl (C=O) groups excluding carboxylic acids is 2. The highest BCUT2D eigenvalue weighted by atomic mass is 35.5. The number of likely N-dealkylation sites (N-methyl/N-ethyl adjacent to an activating group) is 1. The summed E-state index contributed by atoms with van der Waals surface area (Å²) in [5, 5.41) is -0.121. The number of ether oxygens (including phenoxy) is 1. The number of hydrogen-bond donors (Lipinski definition) is 1. The lowest BCUT2D eigenvalue weighted by Gasteiger charge is -2.29. The van der Waals surface area contributed by atoms with E-state index < -0.39 is 39.3 Å². The van der Waals surface area contributed by atoms with Crippen LogP contribution in [0.3, 0.4) is 0 Å². The fourth-order valence-electron chi connectivity index (χ4n) is 2.87. The Labute approximate surface area is 156 Å². The largest absolute Gasteiger partial charge is 0.449 e. The van der Waals surface area contributed by atoms with Gasteiger partial charge in [-0.25, -0.2) is 13.2 Å². The van der Waals surface area contributed by atoms with Gasteiger partial charge in [-0.05, 0) is 27.2 Å². The highest BCUT2D eigenvalue weighted by molar-refractivity contribution is 7.91. The molecular formula is C16H21ClN2O6S. The number of halogens is 1. The van der Waals surface area contributed by atoms with Crippen LogP contribution in [0, 0.1) is 6.92 Å². The third-order valence-corrected chi connectivity index (χ3v) is 6.54. The van der Waals surface area contributed by atoms with Crippen LogP contribution in [-0.2, 0) is 19.4 Å². The molecule has 1 N–H and O–H groups in total. The van der Waals surface area contributed by atoms with Crippen molar-refractivity contribution in [2.45, 2.75) is 39.3 Å². The van der Waals surface area contributed by atoms with Crippen molar-refractivity contribution in [3.63, 3.8) is 0 Å². The van der Waals surface area contributed by atoms with Crippen molar-refractivity contribution in [3.8, 4) is 0 Å². The summed E-state index contributed by atoms with van der Waals surface area (Å²) in [6, 6.07) is -0.434. The molecule has 1 amide bonds. The van der Waals surface area contributed by atoms with Gasteiger partial charge in [0.2, 0.25) is 5.43 Å². The minimum absolute atomic E-state index is 0.0346. The number of hydrogen-bond acceptors (Lipinski definition) is 6. The van der Waals surface area contributed by atoms with Gasteiger partial charge in [0.25, 0.3) is 5.91 Å². The molecule has 0 aliphatic carbocycles. The van der Waals surface area contributed by atoms with Crippen molar-refractivity contribution in [2.24, 2.45) is 0 Å². The highest BCUT2D eigenvalue weighted by Gasteiger charge is 2.36. The minimum Gasteiger partial charge on any atom is -0.449 e. The zero-order valence-corrected chi connectivity index (χ0v) is 16.3. The maximum Gasteiger partial charge on any atom is 0.344 e. The van der Waals surface area contributed by atoms with Crippen molar-refractivity contribution in [3.05, 3.63) is 32.7 Å². The summed E-state index contributed by atoms with van der Waals surface area (Å²) in [5.74, 6) is -1.53. The molecule has 2 atom stereocenters. The van der Waals surface area contributed by atoms with Crippen LogP contribution in [0.4, 0.5) is 0 Å². The number of esters is 1.